The van der Waals surface area contributed by atoms with Crippen LogP contribution in [0, 0.1) is 6.92 Å². The molecule has 0 aliphatic heterocycles. The number of aryl methyl sites for hydroxylation is 2. The first-order valence-corrected chi connectivity index (χ1v) is 6.97. The summed E-state index contributed by atoms with van der Waals surface area (Å²) in [6, 6.07) is 2.08. The quantitative estimate of drug-likeness (QED) is 0.786. The van der Waals surface area contributed by atoms with Crippen LogP contribution in [0.25, 0.3) is 5.52 Å². The third-order valence-corrected chi connectivity index (χ3v) is 3.42. The van der Waals surface area contributed by atoms with Crippen LogP contribution < -0.4 is 5.32 Å². The molecule has 0 amide bonds. The summed E-state index contributed by atoms with van der Waals surface area (Å²) in [6.07, 6.45) is 5.56. The SMILES string of the molecule is Cc1nn(C)cc1Nc1nccn2nc(C(C)(C)C)cc12. The lowest BCUT2D eigenvalue weighted by Gasteiger charge is -2.13. The van der Waals surface area contributed by atoms with Gasteiger partial charge in [-0.3, -0.25) is 4.68 Å². The number of nitrogens with one attached hydrogen (secondary N) is 1. The number of rotatable bonds is 2. The minimum absolute atomic E-state index is 0.00745. The average Bonchev–Trinajstić information content (AvgIpc) is 2.93. The van der Waals surface area contributed by atoms with Crippen LogP contribution in [0.3, 0.4) is 0 Å². The number of hydrogen-bond donors (Lipinski definition) is 1. The van der Waals surface area contributed by atoms with Gasteiger partial charge in [0.15, 0.2) is 5.82 Å². The van der Waals surface area contributed by atoms with Gasteiger partial charge in [-0.1, -0.05) is 20.8 Å². The molecule has 3 aromatic rings. The largest absolute Gasteiger partial charge is 0.336 e. The number of aromatic nitrogens is 5. The molecule has 0 fully saturated rings. The fourth-order valence-electron chi connectivity index (χ4n) is 2.23. The second-order valence-corrected chi connectivity index (χ2v) is 6.31. The summed E-state index contributed by atoms with van der Waals surface area (Å²) in [5.41, 5.74) is 3.91. The highest BCUT2D eigenvalue weighted by atomic mass is 15.3. The van der Waals surface area contributed by atoms with Crippen LogP contribution >= 0.6 is 0 Å². The van der Waals surface area contributed by atoms with Gasteiger partial charge < -0.3 is 5.32 Å². The van der Waals surface area contributed by atoms with E-state index in [0.717, 1.165) is 28.4 Å². The van der Waals surface area contributed by atoms with Crippen LogP contribution in [0.2, 0.25) is 0 Å². The lowest BCUT2D eigenvalue weighted by molar-refractivity contribution is 0.562. The Labute approximate surface area is 123 Å². The summed E-state index contributed by atoms with van der Waals surface area (Å²) in [7, 11) is 1.91. The molecular weight excluding hydrogens is 264 g/mol. The van der Waals surface area contributed by atoms with Gasteiger partial charge in [0.2, 0.25) is 0 Å². The first kappa shape index (κ1) is 13.6. The van der Waals surface area contributed by atoms with Crippen molar-refractivity contribution in [2.75, 3.05) is 5.32 Å². The molecule has 6 heteroatoms. The lowest BCUT2D eigenvalue weighted by atomic mass is 9.92. The van der Waals surface area contributed by atoms with Gasteiger partial charge in [0.1, 0.15) is 5.52 Å². The summed E-state index contributed by atoms with van der Waals surface area (Å²) in [5.74, 6) is 0.789. The van der Waals surface area contributed by atoms with Crippen molar-refractivity contribution in [3.05, 3.63) is 36.0 Å². The van der Waals surface area contributed by atoms with Gasteiger partial charge in [0, 0.05) is 31.1 Å². The first-order valence-electron chi connectivity index (χ1n) is 6.97. The minimum atomic E-state index is 0.00745. The van der Waals surface area contributed by atoms with Crippen LogP contribution in [0.4, 0.5) is 11.5 Å². The first-order chi connectivity index (χ1) is 9.84. The molecule has 3 heterocycles. The molecule has 6 nitrogen and oxygen atoms in total. The van der Waals surface area contributed by atoms with Gasteiger partial charge in [-0.15, -0.1) is 0 Å². The highest BCUT2D eigenvalue weighted by Crippen LogP contribution is 2.26. The van der Waals surface area contributed by atoms with E-state index in [1.165, 1.54) is 0 Å². The molecule has 1 N–H and O–H groups in total. The number of nitrogens with zero attached hydrogens (tertiary/aromatic N) is 5. The van der Waals surface area contributed by atoms with E-state index in [9.17, 15) is 0 Å². The zero-order valence-corrected chi connectivity index (χ0v) is 13.0. The second-order valence-electron chi connectivity index (χ2n) is 6.31. The van der Waals surface area contributed by atoms with E-state index < -0.39 is 0 Å². The van der Waals surface area contributed by atoms with Crippen molar-refractivity contribution in [1.29, 1.82) is 0 Å². The highest BCUT2D eigenvalue weighted by molar-refractivity contribution is 5.74. The van der Waals surface area contributed by atoms with E-state index in [2.05, 4.69) is 47.3 Å². The molecule has 0 spiro atoms. The predicted molar refractivity (Wildman–Crippen MR) is 82.9 cm³/mol. The Hall–Kier alpha value is -2.37. The molecule has 110 valence electrons. The van der Waals surface area contributed by atoms with E-state index in [1.807, 2.05) is 30.9 Å². The predicted octanol–water partition coefficient (Wildman–Crippen LogP) is 2.81. The van der Waals surface area contributed by atoms with Gasteiger partial charge in [-0.2, -0.15) is 10.2 Å². The molecule has 0 radical (unpaired) electrons. The standard InChI is InChI=1S/C15H20N6/c1-10-11(9-20(5)18-10)17-14-12-8-13(15(2,3)4)19-21(12)7-6-16-14/h6-9H,1-5H3,(H,16,17). The van der Waals surface area contributed by atoms with E-state index in [1.54, 1.807) is 10.9 Å². The maximum Gasteiger partial charge on any atom is 0.156 e. The molecule has 0 bridgehead atoms. The van der Waals surface area contributed by atoms with Crippen molar-refractivity contribution in [3.63, 3.8) is 0 Å². The third-order valence-electron chi connectivity index (χ3n) is 3.42. The smallest absolute Gasteiger partial charge is 0.156 e. The van der Waals surface area contributed by atoms with Crippen molar-refractivity contribution >= 4 is 17.0 Å². The van der Waals surface area contributed by atoms with Gasteiger partial charge in [0.25, 0.3) is 0 Å². The zero-order chi connectivity index (χ0) is 15.2. The third kappa shape index (κ3) is 2.49. The van der Waals surface area contributed by atoms with E-state index in [0.29, 0.717) is 0 Å². The highest BCUT2D eigenvalue weighted by Gasteiger charge is 2.19. The monoisotopic (exact) mass is 284 g/mol. The van der Waals surface area contributed by atoms with Gasteiger partial charge in [-0.25, -0.2) is 9.50 Å². The van der Waals surface area contributed by atoms with Gasteiger partial charge >= 0.3 is 0 Å². The molecule has 0 atom stereocenters. The van der Waals surface area contributed by atoms with Crippen molar-refractivity contribution in [1.82, 2.24) is 24.4 Å². The van der Waals surface area contributed by atoms with Crippen LogP contribution in [-0.4, -0.2) is 24.4 Å². The zero-order valence-electron chi connectivity index (χ0n) is 13.0. The van der Waals surface area contributed by atoms with Crippen LogP contribution in [-0.2, 0) is 12.5 Å². The molecule has 0 aromatic carbocycles. The number of hydrogen-bond acceptors (Lipinski definition) is 4. The normalized spacial score (nSPS) is 12.0. The van der Waals surface area contributed by atoms with Crippen molar-refractivity contribution < 1.29 is 0 Å². The van der Waals surface area contributed by atoms with E-state index in [-0.39, 0.29) is 5.41 Å². The number of fused-ring (bicyclic) bond motifs is 1. The molecule has 3 rings (SSSR count). The minimum Gasteiger partial charge on any atom is -0.336 e. The fourth-order valence-corrected chi connectivity index (χ4v) is 2.23. The fraction of sp³-hybridized carbons (Fsp3) is 0.400. The topological polar surface area (TPSA) is 60.0 Å². The molecule has 0 aliphatic rings. The molecule has 0 saturated heterocycles. The maximum atomic E-state index is 4.63. The van der Waals surface area contributed by atoms with Crippen LogP contribution in [0.15, 0.2) is 24.7 Å². The molecule has 0 aliphatic carbocycles. The van der Waals surface area contributed by atoms with Crippen molar-refractivity contribution in [2.45, 2.75) is 33.1 Å². The van der Waals surface area contributed by atoms with Crippen LogP contribution in [0.5, 0.6) is 0 Å². The maximum absolute atomic E-state index is 4.63. The Bertz CT molecular complexity index is 790. The average molecular weight is 284 g/mol. The number of anilines is 2. The van der Waals surface area contributed by atoms with Gasteiger partial charge in [-0.05, 0) is 13.0 Å². The summed E-state index contributed by atoms with van der Waals surface area (Å²) in [4.78, 5) is 4.44. The Morgan fingerprint density at radius 3 is 2.57 bits per heavy atom. The Morgan fingerprint density at radius 1 is 1.19 bits per heavy atom. The van der Waals surface area contributed by atoms with Crippen molar-refractivity contribution in [2.24, 2.45) is 7.05 Å². The summed E-state index contributed by atoms with van der Waals surface area (Å²) in [6.45, 7) is 8.43. The van der Waals surface area contributed by atoms with E-state index in [4.69, 9.17) is 0 Å². The molecule has 3 aromatic heterocycles. The summed E-state index contributed by atoms with van der Waals surface area (Å²) >= 11 is 0. The Morgan fingerprint density at radius 2 is 1.95 bits per heavy atom. The second kappa shape index (κ2) is 4.58. The molecule has 21 heavy (non-hydrogen) atoms. The lowest BCUT2D eigenvalue weighted by Crippen LogP contribution is -2.11. The van der Waals surface area contributed by atoms with Crippen molar-refractivity contribution in [3.8, 4) is 0 Å². The van der Waals surface area contributed by atoms with E-state index >= 15 is 0 Å². The molecule has 0 unspecified atom stereocenters. The van der Waals surface area contributed by atoms with Crippen LogP contribution in [0.1, 0.15) is 32.2 Å². The Kier molecular flexibility index (Phi) is 2.97. The molecular formula is C15H20N6. The Balaban J connectivity index is 2.06. The summed E-state index contributed by atoms with van der Waals surface area (Å²) in [5, 5.41) is 12.3. The van der Waals surface area contributed by atoms with Gasteiger partial charge in [0.05, 0.1) is 17.1 Å². The molecule has 0 saturated carbocycles. The summed E-state index contributed by atoms with van der Waals surface area (Å²) < 4.78 is 3.65.